The van der Waals surface area contributed by atoms with E-state index in [0.717, 1.165) is 38.5 Å². The van der Waals surface area contributed by atoms with Crippen LogP contribution in [0.25, 0.3) is 0 Å². The molecule has 0 aliphatic carbocycles. The molecule has 53 heavy (non-hydrogen) atoms. The highest BCUT2D eigenvalue weighted by atomic mass is 31.2. The smallest absolute Gasteiger partial charge is 0.306 e. The van der Waals surface area contributed by atoms with Crippen molar-refractivity contribution in [2.24, 2.45) is 0 Å². The molecule has 314 valence electrons. The Balaban J connectivity index is 4.36. The fourth-order valence-electron chi connectivity index (χ4n) is 6.06. The Morgan fingerprint density at radius 1 is 0.566 bits per heavy atom. The number of hydrogen-bond donors (Lipinski definition) is 0. The topological polar surface area (TPSA) is 111 Å². The van der Waals surface area contributed by atoms with Crippen LogP contribution in [0.2, 0.25) is 0 Å². The molecule has 1 unspecified atom stereocenters. The summed E-state index contributed by atoms with van der Waals surface area (Å²) in [6.45, 7) is 4.22. The second-order valence-corrected chi connectivity index (χ2v) is 17.5. The van der Waals surface area contributed by atoms with Crippen molar-refractivity contribution < 1.29 is 42.1 Å². The molecule has 0 aromatic heterocycles. The molecule has 0 radical (unpaired) electrons. The summed E-state index contributed by atoms with van der Waals surface area (Å²) in [7, 11) is 1.17. The average molecular weight is 774 g/mol. The first-order valence-electron chi connectivity index (χ1n) is 21.9. The molecular weight excluding hydrogens is 689 g/mol. The standard InChI is InChI=1S/C43H84NO8P/c1-6-8-10-12-14-16-18-20-22-24-25-27-29-31-33-35-42(45)49-39-41(40-51-53(47,48)50-38-37-44(3,4)5)52-43(46)36-34-32-30-28-26-23-21-19-17-15-13-11-9-7-2/h24-25,41H,6-23,26-40H2,1-5H3/b25-24+/t41-/m1/s1. The molecule has 9 nitrogen and oxygen atoms in total. The summed E-state index contributed by atoms with van der Waals surface area (Å²) in [5, 5.41) is 0. The molecule has 0 heterocycles. The number of likely N-dealkylation sites (N-methyl/N-ethyl adjacent to an activating group) is 1. The predicted octanol–water partition coefficient (Wildman–Crippen LogP) is 11.6. The van der Waals surface area contributed by atoms with Crippen LogP contribution in [0.5, 0.6) is 0 Å². The fraction of sp³-hybridized carbons (Fsp3) is 0.907. The monoisotopic (exact) mass is 774 g/mol. The number of ether oxygens (including phenoxy) is 2. The first-order valence-corrected chi connectivity index (χ1v) is 23.4. The number of hydrogen-bond acceptors (Lipinski definition) is 8. The van der Waals surface area contributed by atoms with Gasteiger partial charge >= 0.3 is 11.9 Å². The van der Waals surface area contributed by atoms with Gasteiger partial charge in [-0.1, -0.05) is 161 Å². The number of carbonyl (C=O) groups excluding carboxylic acids is 2. The molecule has 0 amide bonds. The van der Waals surface area contributed by atoms with Crippen LogP contribution >= 0.6 is 7.82 Å². The largest absolute Gasteiger partial charge is 0.756 e. The van der Waals surface area contributed by atoms with E-state index in [9.17, 15) is 19.0 Å². The molecule has 2 atom stereocenters. The van der Waals surface area contributed by atoms with Crippen LogP contribution in [-0.4, -0.2) is 70.0 Å². The van der Waals surface area contributed by atoms with Crippen molar-refractivity contribution in [1.29, 1.82) is 0 Å². The summed E-state index contributed by atoms with van der Waals surface area (Å²) >= 11 is 0. The van der Waals surface area contributed by atoms with Crippen LogP contribution in [0.15, 0.2) is 12.2 Å². The molecule has 0 spiro atoms. The van der Waals surface area contributed by atoms with Crippen molar-refractivity contribution in [2.45, 2.75) is 206 Å². The molecule has 0 aromatic carbocycles. The minimum atomic E-state index is -4.62. The van der Waals surface area contributed by atoms with E-state index in [4.69, 9.17) is 18.5 Å². The Bertz CT molecular complexity index is 922. The zero-order valence-electron chi connectivity index (χ0n) is 35.2. The van der Waals surface area contributed by atoms with Crippen molar-refractivity contribution in [3.63, 3.8) is 0 Å². The van der Waals surface area contributed by atoms with Crippen LogP contribution in [-0.2, 0) is 32.7 Å². The normalized spacial score (nSPS) is 13.7. The van der Waals surface area contributed by atoms with Crippen LogP contribution in [0.1, 0.15) is 200 Å². The van der Waals surface area contributed by atoms with Gasteiger partial charge in [0, 0.05) is 12.8 Å². The molecule has 0 bridgehead atoms. The van der Waals surface area contributed by atoms with Crippen molar-refractivity contribution in [1.82, 2.24) is 0 Å². The number of carbonyl (C=O) groups is 2. The van der Waals surface area contributed by atoms with Crippen molar-refractivity contribution in [2.75, 3.05) is 47.5 Å². The van der Waals surface area contributed by atoms with E-state index >= 15 is 0 Å². The minimum Gasteiger partial charge on any atom is -0.756 e. The molecule has 0 saturated carbocycles. The maximum Gasteiger partial charge on any atom is 0.306 e. The quantitative estimate of drug-likeness (QED) is 0.0199. The Morgan fingerprint density at radius 3 is 1.42 bits per heavy atom. The fourth-order valence-corrected chi connectivity index (χ4v) is 6.79. The molecule has 0 rings (SSSR count). The molecule has 0 saturated heterocycles. The second-order valence-electron chi connectivity index (χ2n) is 16.1. The number of rotatable bonds is 40. The lowest BCUT2D eigenvalue weighted by Gasteiger charge is -2.28. The molecule has 0 aliphatic heterocycles. The number of esters is 2. The molecular formula is C43H84NO8P. The summed E-state index contributed by atoms with van der Waals surface area (Å²) in [6.07, 6.45) is 36.6. The van der Waals surface area contributed by atoms with Crippen LogP contribution < -0.4 is 4.89 Å². The lowest BCUT2D eigenvalue weighted by molar-refractivity contribution is -0.870. The van der Waals surface area contributed by atoms with Gasteiger partial charge < -0.3 is 27.9 Å². The van der Waals surface area contributed by atoms with Gasteiger partial charge in [-0.15, -0.1) is 0 Å². The third kappa shape index (κ3) is 40.2. The van der Waals surface area contributed by atoms with E-state index < -0.39 is 32.5 Å². The van der Waals surface area contributed by atoms with Gasteiger partial charge in [-0.25, -0.2) is 0 Å². The SMILES string of the molecule is CCCCCCCCCC/C=C/CCCCCC(=O)OC[C@H](COP(=O)([O-])OCC[N+](C)(C)C)OC(=O)CCCCCCCCCCCCCCCC. The van der Waals surface area contributed by atoms with E-state index in [-0.39, 0.29) is 26.1 Å². The highest BCUT2D eigenvalue weighted by molar-refractivity contribution is 7.45. The third-order valence-electron chi connectivity index (χ3n) is 9.54. The number of phosphoric acid groups is 1. The first-order chi connectivity index (χ1) is 25.5. The van der Waals surface area contributed by atoms with Gasteiger partial charge in [0.2, 0.25) is 0 Å². The number of nitrogens with zero attached hydrogens (tertiary/aromatic N) is 1. The summed E-state index contributed by atoms with van der Waals surface area (Å²) in [5.74, 6) is -0.844. The van der Waals surface area contributed by atoms with E-state index in [2.05, 4.69) is 26.0 Å². The van der Waals surface area contributed by atoms with Crippen molar-refractivity contribution >= 4 is 19.8 Å². The molecule has 0 N–H and O–H groups in total. The Morgan fingerprint density at radius 2 is 0.962 bits per heavy atom. The molecule has 0 aliphatic rings. The number of allylic oxidation sites excluding steroid dienone is 2. The van der Waals surface area contributed by atoms with Crippen LogP contribution in [0, 0.1) is 0 Å². The average Bonchev–Trinajstić information content (AvgIpc) is 3.10. The molecule has 10 heteroatoms. The van der Waals surface area contributed by atoms with Crippen LogP contribution in [0.4, 0.5) is 0 Å². The lowest BCUT2D eigenvalue weighted by atomic mass is 10.0. The summed E-state index contributed by atoms with van der Waals surface area (Å²) in [4.78, 5) is 37.5. The van der Waals surface area contributed by atoms with E-state index in [1.54, 1.807) is 0 Å². The number of unbranched alkanes of at least 4 members (excludes halogenated alkanes) is 24. The van der Waals surface area contributed by atoms with Crippen LogP contribution in [0.3, 0.4) is 0 Å². The maximum atomic E-state index is 12.6. The number of quaternary nitrogens is 1. The molecule has 0 aromatic rings. The van der Waals surface area contributed by atoms with E-state index in [1.165, 1.54) is 122 Å². The van der Waals surface area contributed by atoms with E-state index in [0.29, 0.717) is 23.9 Å². The number of phosphoric ester groups is 1. The lowest BCUT2D eigenvalue weighted by Crippen LogP contribution is -2.37. The first kappa shape index (κ1) is 51.8. The van der Waals surface area contributed by atoms with Gasteiger partial charge in [0.1, 0.15) is 19.8 Å². The van der Waals surface area contributed by atoms with Gasteiger partial charge in [-0.2, -0.15) is 0 Å². The Hall–Kier alpha value is -1.25. The Labute approximate surface area is 326 Å². The Kier molecular flexibility index (Phi) is 35.5. The summed E-state index contributed by atoms with van der Waals surface area (Å²) in [5.41, 5.74) is 0. The highest BCUT2D eigenvalue weighted by Crippen LogP contribution is 2.38. The summed E-state index contributed by atoms with van der Waals surface area (Å²) in [6, 6.07) is 0. The summed E-state index contributed by atoms with van der Waals surface area (Å²) < 4.78 is 33.9. The highest BCUT2D eigenvalue weighted by Gasteiger charge is 2.21. The van der Waals surface area contributed by atoms with Crippen molar-refractivity contribution in [3.05, 3.63) is 12.2 Å². The van der Waals surface area contributed by atoms with E-state index in [1.807, 2.05) is 21.1 Å². The predicted molar refractivity (Wildman–Crippen MR) is 218 cm³/mol. The minimum absolute atomic E-state index is 0.0299. The zero-order valence-corrected chi connectivity index (χ0v) is 36.1. The zero-order chi connectivity index (χ0) is 39.3. The third-order valence-corrected chi connectivity index (χ3v) is 10.5. The van der Waals surface area contributed by atoms with Gasteiger partial charge in [-0.05, 0) is 38.5 Å². The van der Waals surface area contributed by atoms with Gasteiger partial charge in [0.25, 0.3) is 7.82 Å². The second kappa shape index (κ2) is 36.4. The van der Waals surface area contributed by atoms with Crippen molar-refractivity contribution in [3.8, 4) is 0 Å². The van der Waals surface area contributed by atoms with Gasteiger partial charge in [-0.3, -0.25) is 14.2 Å². The molecule has 0 fully saturated rings. The van der Waals surface area contributed by atoms with Gasteiger partial charge in [0.05, 0.1) is 27.7 Å². The van der Waals surface area contributed by atoms with Gasteiger partial charge in [0.15, 0.2) is 6.10 Å². The maximum absolute atomic E-state index is 12.6.